The van der Waals surface area contributed by atoms with Crippen molar-refractivity contribution >= 4 is 0 Å². The smallest absolute Gasteiger partial charge is 0.00180 e. The van der Waals surface area contributed by atoms with Crippen molar-refractivity contribution in [3.63, 3.8) is 0 Å². The summed E-state index contributed by atoms with van der Waals surface area (Å²) in [5, 5.41) is 0. The van der Waals surface area contributed by atoms with Crippen LogP contribution in [0.1, 0.15) is 20.3 Å². The van der Waals surface area contributed by atoms with Crippen LogP contribution in [0.3, 0.4) is 0 Å². The first-order valence-electron chi connectivity index (χ1n) is 4.50. The molecule has 66 valence electrons. The van der Waals surface area contributed by atoms with Crippen LogP contribution in [-0.4, -0.2) is 0 Å². The van der Waals surface area contributed by atoms with Crippen LogP contribution in [0.4, 0.5) is 0 Å². The number of allylic oxidation sites excluding steroid dienone is 6. The van der Waals surface area contributed by atoms with E-state index in [0.717, 1.165) is 6.42 Å². The summed E-state index contributed by atoms with van der Waals surface area (Å²) in [6, 6.07) is 0. The van der Waals surface area contributed by atoms with Gasteiger partial charge in [0, 0.05) is 0 Å². The molecule has 0 aromatic heterocycles. The van der Waals surface area contributed by atoms with Gasteiger partial charge in [-0.1, -0.05) is 50.8 Å². The minimum absolute atomic E-state index is 0.531. The second-order valence-electron chi connectivity index (χ2n) is 2.40. The fraction of sp³-hybridized carbons (Fsp3) is 0.333. The quantitative estimate of drug-likeness (QED) is 0.540. The lowest BCUT2D eigenvalue weighted by Gasteiger charge is -2.08. The molecule has 0 spiro atoms. The second kappa shape index (κ2) is 6.66. The van der Waals surface area contributed by atoms with Crippen LogP contribution in [-0.2, 0) is 0 Å². The SMILES string of the molecule is C=CC1=CCC(C=C)C=C1.CC. The van der Waals surface area contributed by atoms with Crippen molar-refractivity contribution in [3.05, 3.63) is 49.1 Å². The molecule has 1 rings (SSSR count). The highest BCUT2D eigenvalue weighted by Crippen LogP contribution is 2.16. The molecule has 0 aromatic carbocycles. The molecule has 0 fully saturated rings. The van der Waals surface area contributed by atoms with Crippen molar-refractivity contribution in [1.29, 1.82) is 0 Å². The summed E-state index contributed by atoms with van der Waals surface area (Å²) in [4.78, 5) is 0. The van der Waals surface area contributed by atoms with E-state index in [-0.39, 0.29) is 0 Å². The molecule has 0 aliphatic heterocycles. The molecule has 0 bridgehead atoms. The zero-order chi connectivity index (χ0) is 9.40. The molecular formula is C12H18. The van der Waals surface area contributed by atoms with Gasteiger partial charge in [0.1, 0.15) is 0 Å². The van der Waals surface area contributed by atoms with Crippen molar-refractivity contribution in [2.45, 2.75) is 20.3 Å². The molecule has 0 saturated heterocycles. The minimum Gasteiger partial charge on any atom is -0.102 e. The van der Waals surface area contributed by atoms with Gasteiger partial charge in [0.05, 0.1) is 0 Å². The number of hydrogen-bond donors (Lipinski definition) is 0. The first-order chi connectivity index (χ1) is 5.86. The molecule has 1 atom stereocenters. The van der Waals surface area contributed by atoms with Crippen LogP contribution in [0, 0.1) is 5.92 Å². The molecule has 1 aliphatic rings. The average Bonchev–Trinajstić information content (AvgIpc) is 2.21. The Morgan fingerprint density at radius 3 is 2.42 bits per heavy atom. The van der Waals surface area contributed by atoms with E-state index in [2.05, 4.69) is 31.4 Å². The van der Waals surface area contributed by atoms with Crippen LogP contribution in [0.25, 0.3) is 0 Å². The van der Waals surface area contributed by atoms with Gasteiger partial charge in [-0.3, -0.25) is 0 Å². The minimum atomic E-state index is 0.531. The van der Waals surface area contributed by atoms with Gasteiger partial charge in [-0.2, -0.15) is 0 Å². The Morgan fingerprint density at radius 1 is 1.42 bits per heavy atom. The highest BCUT2D eigenvalue weighted by Gasteiger charge is 2.01. The first kappa shape index (κ1) is 11.0. The van der Waals surface area contributed by atoms with Crippen molar-refractivity contribution in [1.82, 2.24) is 0 Å². The third-order valence-electron chi connectivity index (χ3n) is 1.70. The standard InChI is InChI=1S/C10H12.C2H6/c1-3-9-5-7-10(4-2)8-6-9;1-2/h3-7,10H,1-2,8H2;1-2H3. The molecule has 0 nitrogen and oxygen atoms in total. The predicted octanol–water partition coefficient (Wildman–Crippen LogP) is 3.89. The van der Waals surface area contributed by atoms with Gasteiger partial charge in [0.2, 0.25) is 0 Å². The Hall–Kier alpha value is -1.04. The van der Waals surface area contributed by atoms with Gasteiger partial charge >= 0.3 is 0 Å². The summed E-state index contributed by atoms with van der Waals surface area (Å²) in [6.45, 7) is 11.4. The highest BCUT2D eigenvalue weighted by molar-refractivity contribution is 5.33. The monoisotopic (exact) mass is 162 g/mol. The Bertz CT molecular complexity index is 194. The topological polar surface area (TPSA) is 0 Å². The molecule has 0 heteroatoms. The van der Waals surface area contributed by atoms with Crippen LogP contribution >= 0.6 is 0 Å². The maximum absolute atomic E-state index is 3.73. The molecule has 12 heavy (non-hydrogen) atoms. The fourth-order valence-electron chi connectivity index (χ4n) is 0.980. The first-order valence-corrected chi connectivity index (χ1v) is 4.50. The van der Waals surface area contributed by atoms with Crippen molar-refractivity contribution in [3.8, 4) is 0 Å². The Morgan fingerprint density at radius 2 is 2.08 bits per heavy atom. The Labute approximate surface area is 76.0 Å². The van der Waals surface area contributed by atoms with Crippen LogP contribution in [0.5, 0.6) is 0 Å². The zero-order valence-electron chi connectivity index (χ0n) is 8.09. The Kier molecular flexibility index (Phi) is 6.08. The van der Waals surface area contributed by atoms with Gasteiger partial charge in [-0.25, -0.2) is 0 Å². The van der Waals surface area contributed by atoms with Gasteiger partial charge in [-0.15, -0.1) is 6.58 Å². The lowest BCUT2D eigenvalue weighted by atomic mass is 9.97. The Balaban J connectivity index is 0.000000561. The molecule has 0 heterocycles. The van der Waals surface area contributed by atoms with Gasteiger partial charge < -0.3 is 0 Å². The van der Waals surface area contributed by atoms with E-state index >= 15 is 0 Å². The molecular weight excluding hydrogens is 144 g/mol. The van der Waals surface area contributed by atoms with E-state index in [4.69, 9.17) is 0 Å². The third-order valence-corrected chi connectivity index (χ3v) is 1.70. The summed E-state index contributed by atoms with van der Waals surface area (Å²) in [6.07, 6.45) is 11.3. The molecule has 0 radical (unpaired) electrons. The highest BCUT2D eigenvalue weighted by atomic mass is 14.1. The van der Waals surface area contributed by atoms with Crippen molar-refractivity contribution in [2.24, 2.45) is 5.92 Å². The zero-order valence-corrected chi connectivity index (χ0v) is 8.09. The summed E-state index contributed by atoms with van der Waals surface area (Å²) in [5.74, 6) is 0.531. The van der Waals surface area contributed by atoms with Crippen molar-refractivity contribution < 1.29 is 0 Å². The van der Waals surface area contributed by atoms with E-state index in [1.165, 1.54) is 5.57 Å². The summed E-state index contributed by atoms with van der Waals surface area (Å²) >= 11 is 0. The maximum Gasteiger partial charge on any atom is -0.00180 e. The van der Waals surface area contributed by atoms with E-state index < -0.39 is 0 Å². The second-order valence-corrected chi connectivity index (χ2v) is 2.40. The average molecular weight is 162 g/mol. The largest absolute Gasteiger partial charge is 0.102 e. The maximum atomic E-state index is 3.73. The number of hydrogen-bond acceptors (Lipinski definition) is 0. The van der Waals surface area contributed by atoms with Gasteiger partial charge in [-0.05, 0) is 17.9 Å². The molecule has 0 saturated carbocycles. The van der Waals surface area contributed by atoms with Gasteiger partial charge in [0.25, 0.3) is 0 Å². The molecule has 1 aliphatic carbocycles. The molecule has 0 amide bonds. The van der Waals surface area contributed by atoms with E-state index in [9.17, 15) is 0 Å². The summed E-state index contributed by atoms with van der Waals surface area (Å²) in [7, 11) is 0. The molecule has 1 unspecified atom stereocenters. The predicted molar refractivity (Wildman–Crippen MR) is 57.1 cm³/mol. The summed E-state index contributed by atoms with van der Waals surface area (Å²) < 4.78 is 0. The molecule has 0 aromatic rings. The van der Waals surface area contributed by atoms with Crippen LogP contribution in [0.15, 0.2) is 49.1 Å². The lowest BCUT2D eigenvalue weighted by molar-refractivity contribution is 0.820. The summed E-state index contributed by atoms with van der Waals surface area (Å²) in [5.41, 5.74) is 1.22. The molecule has 0 N–H and O–H groups in total. The fourth-order valence-corrected chi connectivity index (χ4v) is 0.980. The van der Waals surface area contributed by atoms with Crippen LogP contribution < -0.4 is 0 Å². The van der Waals surface area contributed by atoms with E-state index in [1.54, 1.807) is 0 Å². The third kappa shape index (κ3) is 3.38. The van der Waals surface area contributed by atoms with Gasteiger partial charge in [0.15, 0.2) is 0 Å². The number of rotatable bonds is 2. The van der Waals surface area contributed by atoms with Crippen molar-refractivity contribution in [2.75, 3.05) is 0 Å². The normalized spacial score (nSPS) is 20.2. The van der Waals surface area contributed by atoms with E-state index in [0.29, 0.717) is 5.92 Å². The lowest BCUT2D eigenvalue weighted by Crippen LogP contribution is -1.93. The van der Waals surface area contributed by atoms with E-state index in [1.807, 2.05) is 26.0 Å². The van der Waals surface area contributed by atoms with Crippen LogP contribution in [0.2, 0.25) is 0 Å².